The Balaban J connectivity index is 1.85. The summed E-state index contributed by atoms with van der Waals surface area (Å²) in [6, 6.07) is 0. The minimum atomic E-state index is -0.227. The highest BCUT2D eigenvalue weighted by molar-refractivity contribution is 6.03. The predicted octanol–water partition coefficient (Wildman–Crippen LogP) is 5.39. The molecule has 0 aromatic rings. The van der Waals surface area contributed by atoms with Crippen molar-refractivity contribution in [2.75, 3.05) is 6.54 Å². The van der Waals surface area contributed by atoms with Crippen LogP contribution >= 0.6 is 0 Å². The number of imide groups is 1. The molecule has 1 aliphatic heterocycles. The molecule has 0 spiro atoms. The van der Waals surface area contributed by atoms with Gasteiger partial charge in [-0.05, 0) is 19.8 Å². The lowest BCUT2D eigenvalue weighted by molar-refractivity contribution is -0.139. The summed E-state index contributed by atoms with van der Waals surface area (Å²) in [4.78, 5) is 47.6. The van der Waals surface area contributed by atoms with Gasteiger partial charge in [-0.1, -0.05) is 71.1 Å². The third-order valence-electron chi connectivity index (χ3n) is 5.82. The second-order valence-corrected chi connectivity index (χ2v) is 8.72. The summed E-state index contributed by atoms with van der Waals surface area (Å²) < 4.78 is 0. The summed E-state index contributed by atoms with van der Waals surface area (Å²) in [7, 11) is 0. The van der Waals surface area contributed by atoms with Crippen LogP contribution in [0, 0.1) is 5.92 Å². The van der Waals surface area contributed by atoms with Gasteiger partial charge in [0, 0.05) is 38.1 Å². The van der Waals surface area contributed by atoms with Crippen molar-refractivity contribution in [2.45, 2.75) is 117 Å². The molecule has 0 aromatic heterocycles. The first-order valence-corrected chi connectivity index (χ1v) is 11.8. The average molecular weight is 408 g/mol. The second kappa shape index (κ2) is 15.3. The molecule has 2 amide bonds. The third-order valence-corrected chi connectivity index (χ3v) is 5.82. The first-order chi connectivity index (χ1) is 13.9. The van der Waals surface area contributed by atoms with Crippen LogP contribution in [0.15, 0.2) is 0 Å². The standard InChI is InChI=1S/C24H41NO4/c1-20-19-23(28)25(24(20)29)18-17-22(27)16-14-12-10-8-6-4-3-5-7-9-11-13-15-21(2)26/h20H,3-19H2,1-2H3. The van der Waals surface area contributed by atoms with E-state index >= 15 is 0 Å². The third kappa shape index (κ3) is 11.9. The van der Waals surface area contributed by atoms with Gasteiger partial charge in [0.1, 0.15) is 11.6 Å². The van der Waals surface area contributed by atoms with E-state index in [0.29, 0.717) is 18.6 Å². The van der Waals surface area contributed by atoms with Gasteiger partial charge in [-0.25, -0.2) is 0 Å². The van der Waals surface area contributed by atoms with Gasteiger partial charge < -0.3 is 4.79 Å². The zero-order valence-corrected chi connectivity index (χ0v) is 18.7. The van der Waals surface area contributed by atoms with Crippen LogP contribution in [0.2, 0.25) is 0 Å². The van der Waals surface area contributed by atoms with Crippen LogP contribution in [0.1, 0.15) is 117 Å². The summed E-state index contributed by atoms with van der Waals surface area (Å²) >= 11 is 0. The number of rotatable bonds is 18. The van der Waals surface area contributed by atoms with Crippen molar-refractivity contribution in [2.24, 2.45) is 5.92 Å². The van der Waals surface area contributed by atoms with Crippen molar-refractivity contribution < 1.29 is 19.2 Å². The molecule has 0 radical (unpaired) electrons. The van der Waals surface area contributed by atoms with Gasteiger partial charge in [-0.3, -0.25) is 19.3 Å². The smallest absolute Gasteiger partial charge is 0.232 e. The number of carbonyl (C=O) groups excluding carboxylic acids is 4. The first-order valence-electron chi connectivity index (χ1n) is 11.8. The molecule has 1 aliphatic rings. The van der Waals surface area contributed by atoms with Crippen molar-refractivity contribution >= 4 is 23.4 Å². The summed E-state index contributed by atoms with van der Waals surface area (Å²) in [5.74, 6) is -0.0260. The molecule has 1 heterocycles. The van der Waals surface area contributed by atoms with Crippen LogP contribution in [0.25, 0.3) is 0 Å². The Morgan fingerprint density at radius 3 is 1.62 bits per heavy atom. The number of hydrogen-bond donors (Lipinski definition) is 0. The molecule has 166 valence electrons. The van der Waals surface area contributed by atoms with Crippen LogP contribution in [0.4, 0.5) is 0 Å². The molecule has 1 unspecified atom stereocenters. The number of likely N-dealkylation sites (tertiary alicyclic amines) is 1. The number of nitrogens with zero attached hydrogens (tertiary/aromatic N) is 1. The van der Waals surface area contributed by atoms with Crippen LogP contribution in [0.5, 0.6) is 0 Å². The van der Waals surface area contributed by atoms with E-state index < -0.39 is 0 Å². The topological polar surface area (TPSA) is 71.5 Å². The Morgan fingerprint density at radius 1 is 0.759 bits per heavy atom. The van der Waals surface area contributed by atoms with Gasteiger partial charge in [0.15, 0.2) is 0 Å². The van der Waals surface area contributed by atoms with E-state index in [1.54, 1.807) is 13.8 Å². The zero-order valence-electron chi connectivity index (χ0n) is 18.7. The number of Topliss-reactive ketones (excluding diaryl/α,β-unsaturated/α-hetero) is 2. The minimum Gasteiger partial charge on any atom is -0.300 e. The Labute approximate surface area is 177 Å². The first kappa shape index (κ1) is 25.5. The Morgan fingerprint density at radius 2 is 1.21 bits per heavy atom. The van der Waals surface area contributed by atoms with Crippen LogP contribution in [0.3, 0.4) is 0 Å². The van der Waals surface area contributed by atoms with Crippen molar-refractivity contribution in [3.8, 4) is 0 Å². The fourth-order valence-electron chi connectivity index (χ4n) is 3.91. The molecule has 0 aliphatic carbocycles. The van der Waals surface area contributed by atoms with Gasteiger partial charge in [-0.2, -0.15) is 0 Å². The van der Waals surface area contributed by atoms with E-state index in [4.69, 9.17) is 0 Å². The van der Waals surface area contributed by atoms with Crippen LogP contribution in [-0.4, -0.2) is 34.8 Å². The molecule has 0 bridgehead atoms. The monoisotopic (exact) mass is 407 g/mol. The maximum atomic E-state index is 12.0. The highest BCUT2D eigenvalue weighted by atomic mass is 16.2. The average Bonchev–Trinajstić information content (AvgIpc) is 2.91. The molecule has 5 nitrogen and oxygen atoms in total. The van der Waals surface area contributed by atoms with E-state index in [-0.39, 0.29) is 36.5 Å². The molecular weight excluding hydrogens is 366 g/mol. The number of hydrogen-bond acceptors (Lipinski definition) is 4. The highest BCUT2D eigenvalue weighted by Crippen LogP contribution is 2.19. The van der Waals surface area contributed by atoms with E-state index in [9.17, 15) is 19.2 Å². The maximum absolute atomic E-state index is 12.0. The molecular formula is C24H41NO4. The van der Waals surface area contributed by atoms with Crippen molar-refractivity contribution in [1.29, 1.82) is 0 Å². The van der Waals surface area contributed by atoms with E-state index in [0.717, 1.165) is 25.7 Å². The SMILES string of the molecule is CC(=O)CCCCCCCCCCCCCCC(=O)CCN1C(=O)CC(C)C1=O. The summed E-state index contributed by atoms with van der Waals surface area (Å²) in [6.45, 7) is 3.69. The fraction of sp³-hybridized carbons (Fsp3) is 0.833. The zero-order chi connectivity index (χ0) is 21.5. The molecule has 0 N–H and O–H groups in total. The highest BCUT2D eigenvalue weighted by Gasteiger charge is 2.35. The van der Waals surface area contributed by atoms with Crippen molar-refractivity contribution in [3.63, 3.8) is 0 Å². The predicted molar refractivity (Wildman–Crippen MR) is 115 cm³/mol. The largest absolute Gasteiger partial charge is 0.300 e. The van der Waals surface area contributed by atoms with Crippen molar-refractivity contribution in [3.05, 3.63) is 0 Å². The van der Waals surface area contributed by atoms with Gasteiger partial charge in [0.25, 0.3) is 0 Å². The molecule has 1 fully saturated rings. The summed E-state index contributed by atoms with van der Waals surface area (Å²) in [5, 5.41) is 0. The number of unbranched alkanes of at least 4 members (excludes halogenated alkanes) is 11. The van der Waals surface area contributed by atoms with E-state index in [2.05, 4.69) is 0 Å². The van der Waals surface area contributed by atoms with E-state index in [1.807, 2.05) is 0 Å². The van der Waals surface area contributed by atoms with Crippen LogP contribution < -0.4 is 0 Å². The lowest BCUT2D eigenvalue weighted by Crippen LogP contribution is -2.32. The maximum Gasteiger partial charge on any atom is 0.232 e. The number of amides is 2. The number of carbonyl (C=O) groups is 4. The second-order valence-electron chi connectivity index (χ2n) is 8.72. The van der Waals surface area contributed by atoms with Gasteiger partial charge >= 0.3 is 0 Å². The lowest BCUT2D eigenvalue weighted by atomic mass is 10.0. The minimum absolute atomic E-state index is 0.129. The molecule has 1 rings (SSSR count). The molecule has 5 heteroatoms. The quantitative estimate of drug-likeness (QED) is 0.225. The molecule has 1 atom stereocenters. The molecule has 1 saturated heterocycles. The molecule has 0 aromatic carbocycles. The van der Waals surface area contributed by atoms with Gasteiger partial charge in [0.05, 0.1) is 0 Å². The molecule has 29 heavy (non-hydrogen) atoms. The van der Waals surface area contributed by atoms with Crippen LogP contribution in [-0.2, 0) is 19.2 Å². The normalized spacial score (nSPS) is 16.6. The lowest BCUT2D eigenvalue weighted by Gasteiger charge is -2.13. The van der Waals surface area contributed by atoms with Gasteiger partial charge in [-0.15, -0.1) is 0 Å². The summed E-state index contributed by atoms with van der Waals surface area (Å²) in [5.41, 5.74) is 0. The summed E-state index contributed by atoms with van der Waals surface area (Å²) in [6.07, 6.45) is 16.2. The Bertz CT molecular complexity index is 529. The Kier molecular flexibility index (Phi) is 13.5. The fourth-order valence-corrected chi connectivity index (χ4v) is 3.91. The number of ketones is 2. The Hall–Kier alpha value is -1.52. The van der Waals surface area contributed by atoms with E-state index in [1.165, 1.54) is 62.7 Å². The molecule has 0 saturated carbocycles. The van der Waals surface area contributed by atoms with Gasteiger partial charge in [0.2, 0.25) is 11.8 Å². The van der Waals surface area contributed by atoms with Crippen molar-refractivity contribution in [1.82, 2.24) is 4.90 Å².